The van der Waals surface area contributed by atoms with E-state index in [2.05, 4.69) is 20.1 Å². The number of hydrogen-bond donors (Lipinski definition) is 2. The average molecular weight is 313 g/mol. The summed E-state index contributed by atoms with van der Waals surface area (Å²) in [5.41, 5.74) is 8.49. The van der Waals surface area contributed by atoms with Crippen LogP contribution in [-0.4, -0.2) is 34.7 Å². The van der Waals surface area contributed by atoms with E-state index in [1.807, 2.05) is 6.92 Å². The second kappa shape index (κ2) is 6.89. The Bertz CT molecular complexity index is 565. The van der Waals surface area contributed by atoms with Gasteiger partial charge in [0.05, 0.1) is 24.9 Å². The van der Waals surface area contributed by atoms with Crippen LogP contribution in [0.3, 0.4) is 0 Å². The molecule has 114 valence electrons. The van der Waals surface area contributed by atoms with E-state index < -0.39 is 19.9 Å². The molecule has 2 N–H and O–H groups in total. The Morgan fingerprint density at radius 1 is 1.71 bits per heavy atom. The lowest BCUT2D eigenvalue weighted by Crippen LogP contribution is -2.25. The lowest BCUT2D eigenvalue weighted by Gasteiger charge is -2.18. The Morgan fingerprint density at radius 2 is 2.52 bits per heavy atom. The third kappa shape index (κ3) is 4.70. The fraction of sp³-hybridized carbons (Fsp3) is 0.545. The molecule has 0 saturated carbocycles. The Labute approximate surface area is 121 Å². The first kappa shape index (κ1) is 15.8. The van der Waals surface area contributed by atoms with Crippen LogP contribution in [0.2, 0.25) is 0 Å². The topological polar surface area (TPSA) is 129 Å². The number of anilines is 1. The molecule has 21 heavy (non-hydrogen) atoms. The molecule has 1 aliphatic rings. The zero-order chi connectivity index (χ0) is 15.3. The number of aromatic nitrogens is 1. The van der Waals surface area contributed by atoms with Gasteiger partial charge in [-0.2, -0.15) is 0 Å². The van der Waals surface area contributed by atoms with E-state index in [1.54, 1.807) is 18.2 Å². The molecular weight excluding hydrogens is 297 g/mol. The highest BCUT2D eigenvalue weighted by molar-refractivity contribution is 7.54. The van der Waals surface area contributed by atoms with Crippen molar-refractivity contribution in [2.45, 2.75) is 31.6 Å². The molecule has 10 heteroatoms. The smallest absolute Gasteiger partial charge is 0.372 e. The monoisotopic (exact) mass is 313 g/mol. The van der Waals surface area contributed by atoms with Gasteiger partial charge in [-0.05, 0) is 31.0 Å². The number of rotatable bonds is 6. The fourth-order valence-corrected chi connectivity index (χ4v) is 2.89. The van der Waals surface area contributed by atoms with Gasteiger partial charge in [-0.25, -0.2) is 9.55 Å². The van der Waals surface area contributed by atoms with Crippen molar-refractivity contribution < 1.29 is 18.7 Å². The molecular formula is C11H16N5O4P. The molecule has 2 heterocycles. The van der Waals surface area contributed by atoms with Crippen LogP contribution in [0.15, 0.2) is 29.5 Å². The van der Waals surface area contributed by atoms with Crippen molar-refractivity contribution >= 4 is 13.6 Å². The van der Waals surface area contributed by atoms with E-state index >= 15 is 0 Å². The van der Waals surface area contributed by atoms with Crippen LogP contribution in [0.1, 0.15) is 13.3 Å². The van der Waals surface area contributed by atoms with Crippen LogP contribution in [0, 0.1) is 0 Å². The maximum atomic E-state index is 11.9. The second-order valence-electron chi connectivity index (χ2n) is 4.64. The molecule has 0 radical (unpaired) electrons. The van der Waals surface area contributed by atoms with E-state index in [9.17, 15) is 9.46 Å². The van der Waals surface area contributed by atoms with E-state index in [4.69, 9.17) is 14.8 Å². The first-order valence-corrected chi connectivity index (χ1v) is 7.94. The molecule has 0 bridgehead atoms. The van der Waals surface area contributed by atoms with E-state index in [0.717, 1.165) is 0 Å². The zero-order valence-corrected chi connectivity index (χ0v) is 12.3. The molecule has 1 aliphatic heterocycles. The van der Waals surface area contributed by atoms with E-state index in [0.29, 0.717) is 6.42 Å². The number of hydrogen-bond acceptors (Lipinski definition) is 5. The van der Waals surface area contributed by atoms with Crippen LogP contribution in [0.25, 0.3) is 10.4 Å². The molecule has 2 rings (SSSR count). The van der Waals surface area contributed by atoms with Gasteiger partial charge < -0.3 is 9.63 Å². The number of ether oxygens (including phenoxy) is 1. The maximum absolute atomic E-state index is 11.9. The van der Waals surface area contributed by atoms with Gasteiger partial charge in [0, 0.05) is 11.1 Å². The summed E-state index contributed by atoms with van der Waals surface area (Å²) in [5.74, 6) is 0.232. The molecule has 0 aromatic carbocycles. The number of nitrogens with zero attached hydrogens (tertiary/aromatic N) is 4. The van der Waals surface area contributed by atoms with Gasteiger partial charge in [-0.15, -0.1) is 0 Å². The summed E-state index contributed by atoms with van der Waals surface area (Å²) in [4.78, 5) is 16.4. The summed E-state index contributed by atoms with van der Waals surface area (Å²) in [7, 11) is -4.06. The molecule has 1 aromatic rings. The summed E-state index contributed by atoms with van der Waals surface area (Å²) in [6.45, 7) is 1.69. The number of nitrogens with one attached hydrogen (secondary N) is 1. The lowest BCUT2D eigenvalue weighted by atomic mass is 10.1. The first-order valence-electron chi connectivity index (χ1n) is 6.36. The van der Waals surface area contributed by atoms with Gasteiger partial charge in [0.2, 0.25) is 0 Å². The Morgan fingerprint density at radius 3 is 3.19 bits per heavy atom. The van der Waals surface area contributed by atoms with Gasteiger partial charge in [0.15, 0.2) is 0 Å². The van der Waals surface area contributed by atoms with Crippen molar-refractivity contribution in [1.29, 1.82) is 0 Å². The minimum atomic E-state index is -4.06. The van der Waals surface area contributed by atoms with Gasteiger partial charge in [-0.1, -0.05) is 11.2 Å². The number of pyridine rings is 1. The Balaban J connectivity index is 1.92. The Hall–Kier alpha value is -1.63. The van der Waals surface area contributed by atoms with Gasteiger partial charge in [0.1, 0.15) is 5.82 Å². The molecule has 0 spiro atoms. The predicted octanol–water partition coefficient (Wildman–Crippen LogP) is 2.47. The van der Waals surface area contributed by atoms with Gasteiger partial charge in [0.25, 0.3) is 0 Å². The summed E-state index contributed by atoms with van der Waals surface area (Å²) >= 11 is 0. The zero-order valence-electron chi connectivity index (χ0n) is 11.4. The quantitative estimate of drug-likeness (QED) is 0.359. The van der Waals surface area contributed by atoms with Gasteiger partial charge >= 0.3 is 7.75 Å². The van der Waals surface area contributed by atoms with Crippen LogP contribution in [0.5, 0.6) is 0 Å². The molecule has 2 unspecified atom stereocenters. The van der Waals surface area contributed by atoms with Crippen LogP contribution < -0.4 is 5.09 Å². The van der Waals surface area contributed by atoms with Crippen molar-refractivity contribution in [3.05, 3.63) is 34.8 Å². The largest absolute Gasteiger partial charge is 0.431 e. The summed E-state index contributed by atoms with van der Waals surface area (Å²) in [6, 6.07) is 4.50. The Kier molecular flexibility index (Phi) is 5.17. The summed E-state index contributed by atoms with van der Waals surface area (Å²) in [5, 5.41) is 5.93. The molecule has 0 aliphatic carbocycles. The van der Waals surface area contributed by atoms with Crippen LogP contribution in [0.4, 0.5) is 5.82 Å². The third-order valence-electron chi connectivity index (χ3n) is 2.94. The van der Waals surface area contributed by atoms with Crippen molar-refractivity contribution in [3.63, 3.8) is 0 Å². The van der Waals surface area contributed by atoms with Crippen LogP contribution in [-0.2, 0) is 13.8 Å². The highest BCUT2D eigenvalue weighted by Crippen LogP contribution is 2.42. The van der Waals surface area contributed by atoms with Gasteiger partial charge in [-0.3, -0.25) is 9.61 Å². The molecule has 1 fully saturated rings. The standard InChI is InChI=1S/C11H16N5O4P/c1-8-6-9(14-16-12)10(20-8)7-19-21(17,18)15-11-4-2-3-5-13-11/h2-5,8-10H,6-7H2,1H3,(H2,13,15,17,18)/t8-,9?,10+/m0/s1. The van der Waals surface area contributed by atoms with Crippen molar-refractivity contribution in [3.8, 4) is 0 Å². The second-order valence-corrected chi connectivity index (χ2v) is 6.16. The normalized spacial score (nSPS) is 27.6. The molecule has 1 saturated heterocycles. The van der Waals surface area contributed by atoms with E-state index in [1.165, 1.54) is 6.20 Å². The molecule has 4 atom stereocenters. The molecule has 0 amide bonds. The van der Waals surface area contributed by atoms with Crippen LogP contribution >= 0.6 is 7.75 Å². The minimum Gasteiger partial charge on any atom is -0.372 e. The summed E-state index contributed by atoms with van der Waals surface area (Å²) < 4.78 is 22.4. The average Bonchev–Trinajstić information content (AvgIpc) is 2.78. The summed E-state index contributed by atoms with van der Waals surface area (Å²) in [6.07, 6.45) is 1.42. The lowest BCUT2D eigenvalue weighted by molar-refractivity contribution is 0.0200. The van der Waals surface area contributed by atoms with Crippen molar-refractivity contribution in [1.82, 2.24) is 4.98 Å². The number of azide groups is 1. The first-order chi connectivity index (χ1) is 10.00. The maximum Gasteiger partial charge on any atom is 0.431 e. The van der Waals surface area contributed by atoms with Crippen molar-refractivity contribution in [2.75, 3.05) is 11.7 Å². The highest BCUT2D eigenvalue weighted by Gasteiger charge is 2.34. The van der Waals surface area contributed by atoms with Crippen molar-refractivity contribution in [2.24, 2.45) is 5.11 Å². The third-order valence-corrected chi connectivity index (χ3v) is 3.95. The predicted molar refractivity (Wildman–Crippen MR) is 75.5 cm³/mol. The molecule has 9 nitrogen and oxygen atoms in total. The SMILES string of the molecule is C[C@H]1CC(N=[N+]=[N-])[C@@H](COP(=O)(O)Nc2ccccn2)O1. The highest BCUT2D eigenvalue weighted by atomic mass is 31.2. The fourth-order valence-electron chi connectivity index (χ4n) is 2.06. The minimum absolute atomic E-state index is 0.0871. The van der Waals surface area contributed by atoms with E-state index in [-0.39, 0.29) is 18.5 Å². The molecule has 1 aromatic heterocycles.